The first kappa shape index (κ1) is 11.8. The Balaban J connectivity index is 2.30. The van der Waals surface area contributed by atoms with E-state index >= 15 is 0 Å². The second kappa shape index (κ2) is 4.46. The Morgan fingerprint density at radius 2 is 2.26 bits per heavy atom. The topological polar surface area (TPSA) is 52.0 Å². The molecule has 0 aromatic carbocycles. The number of fused-ring (bicyclic) bond motifs is 1. The first-order chi connectivity index (χ1) is 9.18. The number of hydrogen-bond acceptors (Lipinski definition) is 3. The van der Waals surface area contributed by atoms with E-state index in [9.17, 15) is 9.59 Å². The van der Waals surface area contributed by atoms with Crippen molar-refractivity contribution in [3.63, 3.8) is 0 Å². The lowest BCUT2D eigenvalue weighted by Crippen LogP contribution is -2.23. The number of nitrogens with zero attached hydrogens (tertiary/aromatic N) is 2. The Hall–Kier alpha value is -2.23. The predicted molar refractivity (Wildman–Crippen MR) is 72.3 cm³/mol. The van der Waals surface area contributed by atoms with E-state index in [1.165, 1.54) is 0 Å². The number of hydrogen-bond donors (Lipinski definition) is 0. The number of pyridine rings is 2. The molecule has 2 aromatic heterocycles. The SMILES string of the molecule is CC(=O)c1cc(-c2cccnc2)c(=O)n2c1CCC2. The predicted octanol–water partition coefficient (Wildman–Crippen LogP) is 2.06. The average molecular weight is 254 g/mol. The first-order valence-electron chi connectivity index (χ1n) is 6.36. The summed E-state index contributed by atoms with van der Waals surface area (Å²) in [5.41, 5.74) is 2.84. The molecule has 0 amide bonds. The quantitative estimate of drug-likeness (QED) is 0.771. The van der Waals surface area contributed by atoms with Crippen LogP contribution in [0.5, 0.6) is 0 Å². The third-order valence-corrected chi connectivity index (χ3v) is 3.55. The summed E-state index contributed by atoms with van der Waals surface area (Å²) in [6.45, 7) is 2.24. The van der Waals surface area contributed by atoms with Crippen LogP contribution in [-0.2, 0) is 13.0 Å². The fourth-order valence-corrected chi connectivity index (χ4v) is 2.65. The van der Waals surface area contributed by atoms with Gasteiger partial charge in [-0.2, -0.15) is 0 Å². The molecule has 0 N–H and O–H groups in total. The summed E-state index contributed by atoms with van der Waals surface area (Å²) in [6.07, 6.45) is 5.05. The summed E-state index contributed by atoms with van der Waals surface area (Å²) in [5.74, 6) is 0.00999. The van der Waals surface area contributed by atoms with Crippen LogP contribution in [0.2, 0.25) is 0 Å². The molecule has 0 unspecified atom stereocenters. The number of rotatable bonds is 2. The van der Waals surface area contributed by atoms with Crippen LogP contribution in [0.1, 0.15) is 29.4 Å². The minimum absolute atomic E-state index is 0.00999. The fourth-order valence-electron chi connectivity index (χ4n) is 2.65. The highest BCUT2D eigenvalue weighted by molar-refractivity contribution is 5.96. The number of ketones is 1. The van der Waals surface area contributed by atoms with Crippen molar-refractivity contribution in [3.8, 4) is 11.1 Å². The fraction of sp³-hybridized carbons (Fsp3) is 0.267. The molecule has 1 aliphatic rings. The summed E-state index contributed by atoms with van der Waals surface area (Å²) < 4.78 is 1.74. The smallest absolute Gasteiger partial charge is 0.258 e. The lowest BCUT2D eigenvalue weighted by molar-refractivity contribution is 0.101. The van der Waals surface area contributed by atoms with Crippen LogP contribution in [0, 0.1) is 0 Å². The van der Waals surface area contributed by atoms with Crippen LogP contribution in [0.25, 0.3) is 11.1 Å². The Bertz CT molecular complexity index is 702. The minimum Gasteiger partial charge on any atom is -0.311 e. The van der Waals surface area contributed by atoms with Crippen molar-refractivity contribution < 1.29 is 4.79 Å². The normalized spacial score (nSPS) is 13.3. The van der Waals surface area contributed by atoms with Crippen molar-refractivity contribution >= 4 is 5.78 Å². The van der Waals surface area contributed by atoms with E-state index in [2.05, 4.69) is 4.98 Å². The maximum Gasteiger partial charge on any atom is 0.258 e. The van der Waals surface area contributed by atoms with Gasteiger partial charge in [0.15, 0.2) is 5.78 Å². The molecule has 19 heavy (non-hydrogen) atoms. The van der Waals surface area contributed by atoms with E-state index in [0.717, 1.165) is 24.1 Å². The van der Waals surface area contributed by atoms with Gasteiger partial charge in [-0.25, -0.2) is 0 Å². The van der Waals surface area contributed by atoms with Gasteiger partial charge in [0.1, 0.15) is 0 Å². The third-order valence-electron chi connectivity index (χ3n) is 3.55. The number of carbonyl (C=O) groups is 1. The monoisotopic (exact) mass is 254 g/mol. The van der Waals surface area contributed by atoms with Crippen molar-refractivity contribution in [1.29, 1.82) is 0 Å². The van der Waals surface area contributed by atoms with E-state index in [-0.39, 0.29) is 11.3 Å². The van der Waals surface area contributed by atoms with Crippen molar-refractivity contribution in [1.82, 2.24) is 9.55 Å². The van der Waals surface area contributed by atoms with Gasteiger partial charge in [0.2, 0.25) is 0 Å². The number of aromatic nitrogens is 2. The van der Waals surface area contributed by atoms with E-state index in [0.29, 0.717) is 17.7 Å². The van der Waals surface area contributed by atoms with Gasteiger partial charge in [0.25, 0.3) is 5.56 Å². The maximum absolute atomic E-state index is 12.5. The second-order valence-corrected chi connectivity index (χ2v) is 4.78. The van der Waals surface area contributed by atoms with Crippen molar-refractivity contribution in [3.05, 3.63) is 52.2 Å². The second-order valence-electron chi connectivity index (χ2n) is 4.78. The van der Waals surface area contributed by atoms with Crippen LogP contribution < -0.4 is 5.56 Å². The van der Waals surface area contributed by atoms with Gasteiger partial charge < -0.3 is 4.57 Å². The molecule has 0 bridgehead atoms. The van der Waals surface area contributed by atoms with E-state index in [1.54, 1.807) is 36.0 Å². The third kappa shape index (κ3) is 1.89. The van der Waals surface area contributed by atoms with Crippen LogP contribution in [0.4, 0.5) is 0 Å². The zero-order chi connectivity index (χ0) is 13.4. The summed E-state index contributed by atoms with van der Waals surface area (Å²) >= 11 is 0. The molecule has 4 nitrogen and oxygen atoms in total. The minimum atomic E-state index is -0.0227. The molecule has 4 heteroatoms. The summed E-state index contributed by atoms with van der Waals surface area (Å²) in [5, 5.41) is 0. The van der Waals surface area contributed by atoms with E-state index < -0.39 is 0 Å². The molecule has 1 aliphatic heterocycles. The Kier molecular flexibility index (Phi) is 2.78. The van der Waals surface area contributed by atoms with E-state index in [4.69, 9.17) is 0 Å². The largest absolute Gasteiger partial charge is 0.311 e. The van der Waals surface area contributed by atoms with Gasteiger partial charge in [-0.3, -0.25) is 14.6 Å². The highest BCUT2D eigenvalue weighted by Crippen LogP contribution is 2.23. The van der Waals surface area contributed by atoms with Crippen molar-refractivity contribution in [2.75, 3.05) is 0 Å². The summed E-state index contributed by atoms with van der Waals surface area (Å²) in [4.78, 5) is 28.3. The summed E-state index contributed by atoms with van der Waals surface area (Å²) in [6, 6.07) is 5.36. The zero-order valence-corrected chi connectivity index (χ0v) is 10.7. The lowest BCUT2D eigenvalue weighted by Gasteiger charge is -2.11. The molecule has 3 rings (SSSR count). The Labute approximate surface area is 110 Å². The van der Waals surface area contributed by atoms with E-state index in [1.807, 2.05) is 6.07 Å². The molecular weight excluding hydrogens is 240 g/mol. The Morgan fingerprint density at radius 1 is 1.42 bits per heavy atom. The molecule has 2 aromatic rings. The maximum atomic E-state index is 12.5. The van der Waals surface area contributed by atoms with Gasteiger partial charge >= 0.3 is 0 Å². The standard InChI is InChI=1S/C15H14N2O2/c1-10(18)12-8-13(11-4-2-6-16-9-11)15(19)17-7-3-5-14(12)17/h2,4,6,8-9H,3,5,7H2,1H3. The molecule has 0 aliphatic carbocycles. The van der Waals surface area contributed by atoms with Crippen molar-refractivity contribution in [2.45, 2.75) is 26.3 Å². The highest BCUT2D eigenvalue weighted by atomic mass is 16.1. The van der Waals surface area contributed by atoms with Crippen LogP contribution in [0.3, 0.4) is 0 Å². The molecule has 3 heterocycles. The number of carbonyl (C=O) groups excluding carboxylic acids is 1. The molecule has 0 atom stereocenters. The molecular formula is C15H14N2O2. The van der Waals surface area contributed by atoms with Gasteiger partial charge in [0, 0.05) is 41.3 Å². The molecule has 96 valence electrons. The zero-order valence-electron chi connectivity index (χ0n) is 10.7. The Morgan fingerprint density at radius 3 is 2.95 bits per heavy atom. The summed E-state index contributed by atoms with van der Waals surface area (Å²) in [7, 11) is 0. The number of Topliss-reactive ketones (excluding diaryl/α,β-unsaturated/α-hetero) is 1. The molecule has 0 saturated heterocycles. The highest BCUT2D eigenvalue weighted by Gasteiger charge is 2.21. The van der Waals surface area contributed by atoms with Gasteiger partial charge in [-0.05, 0) is 31.9 Å². The molecule has 0 spiro atoms. The van der Waals surface area contributed by atoms with Crippen LogP contribution >= 0.6 is 0 Å². The van der Waals surface area contributed by atoms with Crippen LogP contribution in [-0.4, -0.2) is 15.3 Å². The molecule has 0 radical (unpaired) electrons. The lowest BCUT2D eigenvalue weighted by atomic mass is 10.0. The molecule has 0 fully saturated rings. The average Bonchev–Trinajstić information content (AvgIpc) is 2.89. The molecule has 0 saturated carbocycles. The first-order valence-corrected chi connectivity index (χ1v) is 6.36. The van der Waals surface area contributed by atoms with Gasteiger partial charge in [-0.1, -0.05) is 6.07 Å². The van der Waals surface area contributed by atoms with Crippen LogP contribution in [0.15, 0.2) is 35.4 Å². The van der Waals surface area contributed by atoms with Crippen molar-refractivity contribution in [2.24, 2.45) is 0 Å². The van der Waals surface area contributed by atoms with Gasteiger partial charge in [-0.15, -0.1) is 0 Å². The van der Waals surface area contributed by atoms with Gasteiger partial charge in [0.05, 0.1) is 0 Å².